The molecule has 0 radical (unpaired) electrons. The van der Waals surface area contributed by atoms with E-state index in [0.717, 1.165) is 37.1 Å². The van der Waals surface area contributed by atoms with E-state index in [2.05, 4.69) is 5.32 Å². The minimum atomic E-state index is -0.0387. The van der Waals surface area contributed by atoms with Crippen molar-refractivity contribution in [1.29, 1.82) is 0 Å². The van der Waals surface area contributed by atoms with Crippen LogP contribution < -0.4 is 11.1 Å². The molecule has 0 unspecified atom stereocenters. The maximum Gasteiger partial charge on any atom is 0.253 e. The Balaban J connectivity index is 0.00000261. The van der Waals surface area contributed by atoms with Gasteiger partial charge in [0.15, 0.2) is 0 Å². The van der Waals surface area contributed by atoms with Crippen LogP contribution in [0.1, 0.15) is 40.7 Å². The molecule has 2 aromatic carbocycles. The molecule has 0 aromatic heterocycles. The number of piperidine rings is 1. The van der Waals surface area contributed by atoms with Crippen LogP contribution in [0.3, 0.4) is 0 Å². The van der Waals surface area contributed by atoms with Gasteiger partial charge >= 0.3 is 0 Å². The summed E-state index contributed by atoms with van der Waals surface area (Å²) in [6.07, 6.45) is 3.71. The number of nitrogen functional groups attached to an aromatic ring is 1. The molecule has 2 amide bonds. The van der Waals surface area contributed by atoms with E-state index in [4.69, 9.17) is 5.73 Å². The van der Waals surface area contributed by atoms with Crippen molar-refractivity contribution in [2.24, 2.45) is 0 Å². The second kappa shape index (κ2) is 9.97. The largest absolute Gasteiger partial charge is 0.399 e. The Morgan fingerprint density at radius 1 is 0.889 bits per heavy atom. The summed E-state index contributed by atoms with van der Waals surface area (Å²) in [7, 11) is 0. The molecule has 3 N–H and O–H groups in total. The smallest absolute Gasteiger partial charge is 0.253 e. The fourth-order valence-electron chi connectivity index (χ4n) is 3.13. The fourth-order valence-corrected chi connectivity index (χ4v) is 3.13. The van der Waals surface area contributed by atoms with Gasteiger partial charge in [-0.2, -0.15) is 0 Å². The molecule has 1 aliphatic heterocycles. The summed E-state index contributed by atoms with van der Waals surface area (Å²) in [5.74, 6) is 0.0619. The highest BCUT2D eigenvalue weighted by molar-refractivity contribution is 5.94. The first-order valence-electron chi connectivity index (χ1n) is 9.11. The number of nitrogens with one attached hydrogen (secondary N) is 1. The predicted octanol–water partition coefficient (Wildman–Crippen LogP) is 3.18. The second-order valence-corrected chi connectivity index (χ2v) is 6.74. The molecule has 0 aliphatic carbocycles. The third-order valence-electron chi connectivity index (χ3n) is 4.68. The molecular formula is C21H26ClN3O2. The van der Waals surface area contributed by atoms with Crippen LogP contribution in [-0.4, -0.2) is 29.8 Å². The van der Waals surface area contributed by atoms with E-state index in [1.165, 1.54) is 6.42 Å². The SMILES string of the molecule is Cl.Nc1ccc(CC(=O)NCc2ccc(C(=O)N3CCCCC3)cc2)cc1. The number of rotatable bonds is 5. The first-order valence-corrected chi connectivity index (χ1v) is 9.11. The molecule has 0 atom stereocenters. The number of carbonyl (C=O) groups excluding carboxylic acids is 2. The molecule has 0 spiro atoms. The molecular weight excluding hydrogens is 362 g/mol. The molecule has 144 valence electrons. The standard InChI is InChI=1S/C21H25N3O2.ClH/c22-19-10-6-16(7-11-19)14-20(25)23-15-17-4-8-18(9-5-17)21(26)24-12-2-1-3-13-24;/h4-11H,1-3,12-15,22H2,(H,23,25);1H. The second-order valence-electron chi connectivity index (χ2n) is 6.74. The van der Waals surface area contributed by atoms with Gasteiger partial charge in [0.05, 0.1) is 6.42 Å². The number of nitrogens with two attached hydrogens (primary N) is 1. The lowest BCUT2D eigenvalue weighted by Gasteiger charge is -2.26. The summed E-state index contributed by atoms with van der Waals surface area (Å²) < 4.78 is 0. The lowest BCUT2D eigenvalue weighted by molar-refractivity contribution is -0.120. The van der Waals surface area contributed by atoms with Crippen molar-refractivity contribution in [3.8, 4) is 0 Å². The van der Waals surface area contributed by atoms with Gasteiger partial charge in [0.2, 0.25) is 5.91 Å². The number of carbonyl (C=O) groups is 2. The first-order chi connectivity index (χ1) is 12.6. The van der Waals surface area contributed by atoms with Crippen molar-refractivity contribution in [3.63, 3.8) is 0 Å². The van der Waals surface area contributed by atoms with Gasteiger partial charge < -0.3 is 16.0 Å². The van der Waals surface area contributed by atoms with Crippen LogP contribution in [0.15, 0.2) is 48.5 Å². The molecule has 3 rings (SSSR count). The maximum atomic E-state index is 12.5. The summed E-state index contributed by atoms with van der Waals surface area (Å²) in [5.41, 5.74) is 8.95. The Morgan fingerprint density at radius 3 is 2.11 bits per heavy atom. The van der Waals surface area contributed by atoms with Crippen LogP contribution in [0.25, 0.3) is 0 Å². The van der Waals surface area contributed by atoms with E-state index in [1.807, 2.05) is 41.3 Å². The number of nitrogens with zero attached hydrogens (tertiary/aromatic N) is 1. The molecule has 2 aromatic rings. The van der Waals surface area contributed by atoms with Crippen molar-refractivity contribution in [2.45, 2.75) is 32.2 Å². The lowest BCUT2D eigenvalue weighted by Crippen LogP contribution is -2.35. The zero-order valence-corrected chi connectivity index (χ0v) is 16.1. The summed E-state index contributed by atoms with van der Waals surface area (Å²) >= 11 is 0. The van der Waals surface area contributed by atoms with Gasteiger partial charge in [0.1, 0.15) is 0 Å². The lowest BCUT2D eigenvalue weighted by atomic mass is 10.1. The van der Waals surface area contributed by atoms with Gasteiger partial charge in [-0.3, -0.25) is 9.59 Å². The molecule has 5 nitrogen and oxygen atoms in total. The van der Waals surface area contributed by atoms with Crippen LogP contribution in [0, 0.1) is 0 Å². The van der Waals surface area contributed by atoms with E-state index in [-0.39, 0.29) is 24.2 Å². The number of hydrogen-bond acceptors (Lipinski definition) is 3. The third kappa shape index (κ3) is 6.00. The molecule has 0 saturated carbocycles. The number of amides is 2. The van der Waals surface area contributed by atoms with Crippen molar-refractivity contribution >= 4 is 29.9 Å². The highest BCUT2D eigenvalue weighted by Gasteiger charge is 2.17. The quantitative estimate of drug-likeness (QED) is 0.773. The Bertz CT molecular complexity index is 754. The maximum absolute atomic E-state index is 12.5. The van der Waals surface area contributed by atoms with E-state index < -0.39 is 0 Å². The van der Waals surface area contributed by atoms with Gasteiger partial charge in [0, 0.05) is 30.9 Å². The fraction of sp³-hybridized carbons (Fsp3) is 0.333. The number of benzene rings is 2. The Hall–Kier alpha value is -2.53. The van der Waals surface area contributed by atoms with Gasteiger partial charge in [-0.05, 0) is 54.7 Å². The predicted molar refractivity (Wildman–Crippen MR) is 110 cm³/mol. The summed E-state index contributed by atoms with van der Waals surface area (Å²) in [6, 6.07) is 14.8. The number of hydrogen-bond donors (Lipinski definition) is 2. The van der Waals surface area contributed by atoms with E-state index >= 15 is 0 Å². The van der Waals surface area contributed by atoms with E-state index in [1.54, 1.807) is 12.1 Å². The zero-order chi connectivity index (χ0) is 18.4. The van der Waals surface area contributed by atoms with Crippen molar-refractivity contribution < 1.29 is 9.59 Å². The summed E-state index contributed by atoms with van der Waals surface area (Å²) in [6.45, 7) is 2.15. The zero-order valence-electron chi connectivity index (χ0n) is 15.3. The van der Waals surface area contributed by atoms with E-state index in [0.29, 0.717) is 24.2 Å². The van der Waals surface area contributed by atoms with Crippen LogP contribution >= 0.6 is 12.4 Å². The average Bonchev–Trinajstić information content (AvgIpc) is 2.69. The van der Waals surface area contributed by atoms with Crippen LogP contribution in [-0.2, 0) is 17.8 Å². The Morgan fingerprint density at radius 2 is 1.48 bits per heavy atom. The third-order valence-corrected chi connectivity index (χ3v) is 4.68. The Labute approximate surface area is 166 Å². The first kappa shape index (κ1) is 20.8. The molecule has 27 heavy (non-hydrogen) atoms. The topological polar surface area (TPSA) is 75.4 Å². The van der Waals surface area contributed by atoms with Gasteiger partial charge in [-0.25, -0.2) is 0 Å². The molecule has 1 aliphatic rings. The number of likely N-dealkylation sites (tertiary alicyclic amines) is 1. The van der Waals surface area contributed by atoms with E-state index in [9.17, 15) is 9.59 Å². The van der Waals surface area contributed by atoms with Gasteiger partial charge in [-0.15, -0.1) is 12.4 Å². The van der Waals surface area contributed by atoms with Crippen molar-refractivity contribution in [2.75, 3.05) is 18.8 Å². The van der Waals surface area contributed by atoms with Crippen LogP contribution in [0.2, 0.25) is 0 Å². The van der Waals surface area contributed by atoms with Gasteiger partial charge in [0.25, 0.3) is 5.91 Å². The summed E-state index contributed by atoms with van der Waals surface area (Å²) in [4.78, 5) is 26.4. The minimum absolute atomic E-state index is 0. The highest BCUT2D eigenvalue weighted by Crippen LogP contribution is 2.14. The molecule has 1 heterocycles. The highest BCUT2D eigenvalue weighted by atomic mass is 35.5. The number of anilines is 1. The van der Waals surface area contributed by atoms with Gasteiger partial charge in [-0.1, -0.05) is 24.3 Å². The average molecular weight is 388 g/mol. The molecule has 0 bridgehead atoms. The Kier molecular flexibility index (Phi) is 7.67. The summed E-state index contributed by atoms with van der Waals surface area (Å²) in [5, 5.41) is 2.91. The normalized spacial score (nSPS) is 13.6. The van der Waals surface area contributed by atoms with Crippen LogP contribution in [0.5, 0.6) is 0 Å². The number of halogens is 1. The molecule has 1 fully saturated rings. The molecule has 6 heteroatoms. The molecule has 1 saturated heterocycles. The van der Waals surface area contributed by atoms with Crippen LogP contribution in [0.4, 0.5) is 5.69 Å². The van der Waals surface area contributed by atoms with Crippen molar-refractivity contribution in [1.82, 2.24) is 10.2 Å². The van der Waals surface area contributed by atoms with Crippen molar-refractivity contribution in [3.05, 3.63) is 65.2 Å². The minimum Gasteiger partial charge on any atom is -0.399 e. The monoisotopic (exact) mass is 387 g/mol.